The molecule has 1 aliphatic heterocycles. The summed E-state index contributed by atoms with van der Waals surface area (Å²) in [6.45, 7) is 2.59. The molecule has 1 heterocycles. The van der Waals surface area contributed by atoms with Gasteiger partial charge in [-0.2, -0.15) is 5.26 Å². The van der Waals surface area contributed by atoms with E-state index < -0.39 is 5.91 Å². The van der Waals surface area contributed by atoms with E-state index >= 15 is 0 Å². The molecule has 1 aliphatic rings. The molecule has 7 heteroatoms. The lowest BCUT2D eigenvalue weighted by Gasteiger charge is -2.30. The fourth-order valence-electron chi connectivity index (χ4n) is 2.75. The van der Waals surface area contributed by atoms with Crippen molar-refractivity contribution in [2.24, 2.45) is 0 Å². The molecule has 0 unspecified atom stereocenters. The summed E-state index contributed by atoms with van der Waals surface area (Å²) in [4.78, 5) is 14.7. The second-order valence-electron chi connectivity index (χ2n) is 5.94. The van der Waals surface area contributed by atoms with Crippen LogP contribution in [0.3, 0.4) is 0 Å². The maximum Gasteiger partial charge on any atom is 0.266 e. The number of hydrogen-bond donors (Lipinski definition) is 1. The number of nitrogens with one attached hydrogen (secondary N) is 1. The normalized spacial score (nSPS) is 14.6. The summed E-state index contributed by atoms with van der Waals surface area (Å²) in [6.07, 6.45) is 1.41. The topological polar surface area (TPSA) is 65.4 Å². The van der Waals surface area contributed by atoms with Crippen LogP contribution in [-0.2, 0) is 9.53 Å². The Labute approximate surface area is 161 Å². The summed E-state index contributed by atoms with van der Waals surface area (Å²) < 4.78 is 18.4. The first-order valence-electron chi connectivity index (χ1n) is 8.38. The van der Waals surface area contributed by atoms with Crippen LogP contribution in [0.1, 0.15) is 5.56 Å². The first-order valence-corrected chi connectivity index (χ1v) is 8.75. The van der Waals surface area contributed by atoms with Gasteiger partial charge in [0.15, 0.2) is 0 Å². The van der Waals surface area contributed by atoms with E-state index in [1.54, 1.807) is 12.1 Å². The van der Waals surface area contributed by atoms with Crippen LogP contribution in [0.15, 0.2) is 48.0 Å². The lowest BCUT2D eigenvalue weighted by molar-refractivity contribution is -0.112. The Bertz CT molecular complexity index is 900. The molecule has 138 valence electrons. The van der Waals surface area contributed by atoms with Crippen molar-refractivity contribution in [3.8, 4) is 6.07 Å². The van der Waals surface area contributed by atoms with Gasteiger partial charge in [0.2, 0.25) is 0 Å². The predicted molar refractivity (Wildman–Crippen MR) is 103 cm³/mol. The van der Waals surface area contributed by atoms with Crippen molar-refractivity contribution in [2.45, 2.75) is 0 Å². The van der Waals surface area contributed by atoms with Crippen molar-refractivity contribution in [3.63, 3.8) is 0 Å². The zero-order valence-corrected chi connectivity index (χ0v) is 15.2. The molecule has 2 aromatic rings. The minimum Gasteiger partial charge on any atom is -0.378 e. The van der Waals surface area contributed by atoms with Crippen LogP contribution in [0.2, 0.25) is 5.02 Å². The molecule has 0 radical (unpaired) electrons. The number of carbonyl (C=O) groups is 1. The van der Waals surface area contributed by atoms with Crippen LogP contribution in [0.5, 0.6) is 0 Å². The van der Waals surface area contributed by atoms with Gasteiger partial charge in [-0.1, -0.05) is 23.7 Å². The van der Waals surface area contributed by atoms with Gasteiger partial charge in [-0.25, -0.2) is 4.39 Å². The summed E-state index contributed by atoms with van der Waals surface area (Å²) >= 11 is 6.09. The fraction of sp³-hybridized carbons (Fsp3) is 0.200. The quantitative estimate of drug-likeness (QED) is 0.641. The zero-order valence-electron chi connectivity index (χ0n) is 14.4. The Morgan fingerprint density at radius 1 is 1.22 bits per heavy atom. The lowest BCUT2D eigenvalue weighted by atomic mass is 10.1. The second-order valence-corrected chi connectivity index (χ2v) is 6.37. The van der Waals surface area contributed by atoms with E-state index in [1.807, 2.05) is 12.1 Å². The Balaban J connectivity index is 1.84. The molecule has 1 amide bonds. The number of amides is 1. The van der Waals surface area contributed by atoms with Crippen molar-refractivity contribution < 1.29 is 13.9 Å². The zero-order chi connectivity index (χ0) is 19.2. The molecule has 0 aliphatic carbocycles. The van der Waals surface area contributed by atoms with E-state index in [0.717, 1.165) is 5.69 Å². The Kier molecular flexibility index (Phi) is 6.07. The number of rotatable bonds is 4. The van der Waals surface area contributed by atoms with Crippen molar-refractivity contribution in [1.82, 2.24) is 0 Å². The Hall–Kier alpha value is -2.88. The van der Waals surface area contributed by atoms with Crippen molar-refractivity contribution in [2.75, 3.05) is 36.5 Å². The van der Waals surface area contributed by atoms with Gasteiger partial charge in [0, 0.05) is 18.1 Å². The molecule has 0 bridgehead atoms. The lowest BCUT2D eigenvalue weighted by Crippen LogP contribution is -2.36. The van der Waals surface area contributed by atoms with Gasteiger partial charge >= 0.3 is 0 Å². The van der Waals surface area contributed by atoms with Crippen LogP contribution >= 0.6 is 11.6 Å². The highest BCUT2D eigenvalue weighted by Crippen LogP contribution is 2.30. The largest absolute Gasteiger partial charge is 0.378 e. The maximum absolute atomic E-state index is 13.0. The molecule has 2 aromatic carbocycles. The highest BCUT2D eigenvalue weighted by atomic mass is 35.5. The van der Waals surface area contributed by atoms with Gasteiger partial charge in [0.1, 0.15) is 17.5 Å². The summed E-state index contributed by atoms with van der Waals surface area (Å²) in [5, 5.41) is 12.6. The molecule has 3 rings (SSSR count). The van der Waals surface area contributed by atoms with Crippen LogP contribution < -0.4 is 10.2 Å². The SMILES string of the molecule is N#C/C(=C\c1ccc(F)cc1)C(=O)Nc1cc(Cl)ccc1N1CCOCC1. The van der Waals surface area contributed by atoms with Crippen LogP contribution in [0.4, 0.5) is 15.8 Å². The Morgan fingerprint density at radius 2 is 1.93 bits per heavy atom. The second kappa shape index (κ2) is 8.67. The van der Waals surface area contributed by atoms with Crippen LogP contribution in [0.25, 0.3) is 6.08 Å². The number of nitrogens with zero attached hydrogens (tertiary/aromatic N) is 2. The van der Waals surface area contributed by atoms with Gasteiger partial charge in [-0.15, -0.1) is 0 Å². The monoisotopic (exact) mass is 385 g/mol. The summed E-state index contributed by atoms with van der Waals surface area (Å²) in [5.74, 6) is -0.942. The van der Waals surface area contributed by atoms with Gasteiger partial charge < -0.3 is 15.0 Å². The van der Waals surface area contributed by atoms with Crippen LogP contribution in [0, 0.1) is 17.1 Å². The molecular weight excluding hydrogens is 369 g/mol. The first kappa shape index (κ1) is 18.9. The molecule has 27 heavy (non-hydrogen) atoms. The summed E-state index contributed by atoms with van der Waals surface area (Å²) in [6, 6.07) is 12.7. The van der Waals surface area contributed by atoms with E-state index in [9.17, 15) is 14.4 Å². The minimum atomic E-state index is -0.557. The molecule has 0 spiro atoms. The van der Waals surface area contributed by atoms with Crippen LogP contribution in [-0.4, -0.2) is 32.2 Å². The number of carbonyl (C=O) groups excluding carboxylic acids is 1. The number of halogens is 2. The van der Waals surface area contributed by atoms with E-state index in [-0.39, 0.29) is 11.4 Å². The molecule has 0 aromatic heterocycles. The molecule has 1 saturated heterocycles. The Morgan fingerprint density at radius 3 is 2.59 bits per heavy atom. The number of ether oxygens (including phenoxy) is 1. The van der Waals surface area contributed by atoms with Crippen molar-refractivity contribution >= 4 is 35.0 Å². The van der Waals surface area contributed by atoms with Gasteiger partial charge in [0.05, 0.1) is 24.6 Å². The number of benzene rings is 2. The highest BCUT2D eigenvalue weighted by Gasteiger charge is 2.18. The van der Waals surface area contributed by atoms with Crippen molar-refractivity contribution in [3.05, 3.63) is 64.4 Å². The molecule has 0 atom stereocenters. The minimum absolute atomic E-state index is 0.0884. The maximum atomic E-state index is 13.0. The molecular formula is C20H17ClFN3O2. The fourth-order valence-corrected chi connectivity index (χ4v) is 2.92. The molecule has 5 nitrogen and oxygen atoms in total. The smallest absolute Gasteiger partial charge is 0.266 e. The summed E-state index contributed by atoms with van der Waals surface area (Å²) in [7, 11) is 0. The number of morpholine rings is 1. The van der Waals surface area contributed by atoms with E-state index in [2.05, 4.69) is 10.2 Å². The predicted octanol–water partition coefficient (Wildman–Crippen LogP) is 3.86. The van der Waals surface area contributed by atoms with Gasteiger partial charge in [-0.05, 0) is 42.0 Å². The van der Waals surface area contributed by atoms with Crippen molar-refractivity contribution in [1.29, 1.82) is 5.26 Å². The number of hydrogen-bond acceptors (Lipinski definition) is 4. The number of nitriles is 1. The highest BCUT2D eigenvalue weighted by molar-refractivity contribution is 6.31. The van der Waals surface area contributed by atoms with E-state index in [0.29, 0.717) is 42.6 Å². The van der Waals surface area contributed by atoms with E-state index in [4.69, 9.17) is 16.3 Å². The third kappa shape index (κ3) is 4.85. The third-order valence-electron chi connectivity index (χ3n) is 4.10. The first-order chi connectivity index (χ1) is 13.1. The molecule has 1 fully saturated rings. The number of anilines is 2. The average molecular weight is 386 g/mol. The van der Waals surface area contributed by atoms with Gasteiger partial charge in [0.25, 0.3) is 5.91 Å². The van der Waals surface area contributed by atoms with Gasteiger partial charge in [-0.3, -0.25) is 4.79 Å². The molecule has 1 N–H and O–H groups in total. The molecule has 0 saturated carbocycles. The average Bonchev–Trinajstić information content (AvgIpc) is 2.68. The summed E-state index contributed by atoms with van der Waals surface area (Å²) in [5.41, 5.74) is 1.81. The van der Waals surface area contributed by atoms with E-state index in [1.165, 1.54) is 30.3 Å². The standard InChI is InChI=1S/C20H17ClFN3O2/c21-16-3-6-19(25-7-9-27-10-8-25)18(12-16)24-20(26)15(13-23)11-14-1-4-17(22)5-2-14/h1-6,11-12H,7-10H2,(H,24,26)/b15-11+. The third-order valence-corrected chi connectivity index (χ3v) is 4.34.